The van der Waals surface area contributed by atoms with Crippen LogP contribution in [0.4, 0.5) is 4.39 Å². The van der Waals surface area contributed by atoms with E-state index >= 15 is 0 Å². The third-order valence-electron chi connectivity index (χ3n) is 5.45. The zero-order valence-electron chi connectivity index (χ0n) is 17.0. The van der Waals surface area contributed by atoms with Gasteiger partial charge in [-0.3, -0.25) is 19.5 Å². The number of benzene rings is 2. The molecule has 6 heteroatoms. The molecule has 1 aromatic heterocycles. The van der Waals surface area contributed by atoms with Gasteiger partial charge >= 0.3 is 0 Å². The van der Waals surface area contributed by atoms with Crippen LogP contribution in [0.5, 0.6) is 5.75 Å². The zero-order chi connectivity index (χ0) is 21.6. The second-order valence-electron chi connectivity index (χ2n) is 7.55. The molecule has 1 saturated heterocycles. The summed E-state index contributed by atoms with van der Waals surface area (Å²) >= 11 is 0. The van der Waals surface area contributed by atoms with Gasteiger partial charge in [0.2, 0.25) is 11.8 Å². The van der Waals surface area contributed by atoms with Crippen LogP contribution in [0.25, 0.3) is 11.1 Å². The van der Waals surface area contributed by atoms with Crippen molar-refractivity contribution >= 4 is 11.8 Å². The highest BCUT2D eigenvalue weighted by atomic mass is 19.1. The molecule has 3 aromatic rings. The van der Waals surface area contributed by atoms with E-state index in [0.29, 0.717) is 12.2 Å². The van der Waals surface area contributed by atoms with Crippen LogP contribution in [0.2, 0.25) is 0 Å². The summed E-state index contributed by atoms with van der Waals surface area (Å²) in [5.41, 5.74) is 2.96. The highest BCUT2D eigenvalue weighted by molar-refractivity contribution is 6.02. The fourth-order valence-electron chi connectivity index (χ4n) is 3.75. The summed E-state index contributed by atoms with van der Waals surface area (Å²) in [5.74, 6) is 0.103. The van der Waals surface area contributed by atoms with Crippen LogP contribution < -0.4 is 4.74 Å². The number of hydrogen-bond donors (Lipinski definition) is 0. The van der Waals surface area contributed by atoms with Crippen LogP contribution in [0.1, 0.15) is 24.8 Å². The van der Waals surface area contributed by atoms with Crippen molar-refractivity contribution < 1.29 is 18.7 Å². The number of carbonyl (C=O) groups excluding carboxylic acids is 2. The summed E-state index contributed by atoms with van der Waals surface area (Å²) in [6.45, 7) is 0.235. The minimum absolute atomic E-state index is 0.139. The lowest BCUT2D eigenvalue weighted by Gasteiger charge is -2.26. The molecule has 2 amide bonds. The summed E-state index contributed by atoms with van der Waals surface area (Å²) in [6.07, 6.45) is 5.32. The van der Waals surface area contributed by atoms with E-state index in [4.69, 9.17) is 4.74 Å². The second kappa shape index (κ2) is 9.51. The minimum Gasteiger partial charge on any atom is -0.491 e. The Morgan fingerprint density at radius 1 is 0.871 bits per heavy atom. The molecule has 5 nitrogen and oxygen atoms in total. The van der Waals surface area contributed by atoms with Crippen LogP contribution in [0.15, 0.2) is 73.1 Å². The topological polar surface area (TPSA) is 59.5 Å². The minimum atomic E-state index is -0.326. The molecule has 0 aliphatic carbocycles. The van der Waals surface area contributed by atoms with Gasteiger partial charge in [0.25, 0.3) is 0 Å². The van der Waals surface area contributed by atoms with Crippen LogP contribution >= 0.6 is 0 Å². The van der Waals surface area contributed by atoms with Gasteiger partial charge in [-0.1, -0.05) is 24.3 Å². The van der Waals surface area contributed by atoms with E-state index in [1.165, 1.54) is 17.0 Å². The molecule has 1 unspecified atom stereocenters. The summed E-state index contributed by atoms with van der Waals surface area (Å²) in [5, 5.41) is 0. The molecule has 31 heavy (non-hydrogen) atoms. The van der Waals surface area contributed by atoms with Gasteiger partial charge in [-0.25, -0.2) is 4.39 Å². The van der Waals surface area contributed by atoms with Gasteiger partial charge in [0, 0.05) is 25.2 Å². The molecule has 2 heterocycles. The summed E-state index contributed by atoms with van der Waals surface area (Å²) in [6, 6.07) is 17.3. The third kappa shape index (κ3) is 5.15. The quantitative estimate of drug-likeness (QED) is 0.508. The number of amides is 2. The predicted octanol–water partition coefficient (Wildman–Crippen LogP) is 4.42. The van der Waals surface area contributed by atoms with Crippen LogP contribution in [-0.4, -0.2) is 34.3 Å². The molecule has 0 radical (unpaired) electrons. The Hall–Kier alpha value is -3.54. The number of ether oxygens (including phenoxy) is 1. The van der Waals surface area contributed by atoms with Crippen molar-refractivity contribution in [3.05, 3.63) is 84.4 Å². The lowest BCUT2D eigenvalue weighted by atomic mass is 10.1. The van der Waals surface area contributed by atoms with Gasteiger partial charge in [0.05, 0.1) is 6.04 Å². The number of imide groups is 1. The highest BCUT2D eigenvalue weighted by Gasteiger charge is 2.35. The van der Waals surface area contributed by atoms with Crippen molar-refractivity contribution in [1.82, 2.24) is 9.88 Å². The Balaban J connectivity index is 1.43. The Morgan fingerprint density at radius 3 is 2.06 bits per heavy atom. The van der Waals surface area contributed by atoms with Crippen molar-refractivity contribution in [3.8, 4) is 16.9 Å². The first-order chi connectivity index (χ1) is 15.1. The third-order valence-corrected chi connectivity index (χ3v) is 5.45. The average molecular weight is 418 g/mol. The molecular weight excluding hydrogens is 395 g/mol. The zero-order valence-corrected chi connectivity index (χ0v) is 17.0. The van der Waals surface area contributed by atoms with Crippen LogP contribution in [0.3, 0.4) is 0 Å². The van der Waals surface area contributed by atoms with Gasteiger partial charge in [0.1, 0.15) is 18.2 Å². The summed E-state index contributed by atoms with van der Waals surface area (Å²) < 4.78 is 19.1. The van der Waals surface area contributed by atoms with Gasteiger partial charge < -0.3 is 4.74 Å². The number of rotatable bonds is 8. The lowest BCUT2D eigenvalue weighted by Crippen LogP contribution is -2.43. The van der Waals surface area contributed by atoms with Crippen molar-refractivity contribution in [3.63, 3.8) is 0 Å². The molecule has 4 rings (SSSR count). The van der Waals surface area contributed by atoms with Crippen LogP contribution in [0, 0.1) is 5.82 Å². The standard InChI is InChI=1S/C25H23FN2O3/c26-21-6-2-19(3-7-21)20-4-9-23(10-5-20)31-17-22(28-24(29)11-12-25(28)30)8-1-18-13-15-27-16-14-18/h2-7,9-10,13-16,22H,1,8,11-12,17H2. The second-order valence-corrected chi connectivity index (χ2v) is 7.55. The number of hydrogen-bond acceptors (Lipinski definition) is 4. The maximum absolute atomic E-state index is 13.1. The fraction of sp³-hybridized carbons (Fsp3) is 0.240. The molecule has 1 aliphatic heterocycles. The molecule has 1 atom stereocenters. The monoisotopic (exact) mass is 418 g/mol. The Morgan fingerprint density at radius 2 is 1.45 bits per heavy atom. The maximum Gasteiger partial charge on any atom is 0.230 e. The molecule has 1 aliphatic rings. The molecule has 1 fully saturated rings. The summed E-state index contributed by atoms with van der Waals surface area (Å²) in [7, 11) is 0. The first kappa shape index (κ1) is 20.7. The van der Waals surface area contributed by atoms with Gasteiger partial charge in [-0.2, -0.15) is 0 Å². The molecular formula is C25H23FN2O3. The summed E-state index contributed by atoms with van der Waals surface area (Å²) in [4.78, 5) is 30.0. The van der Waals surface area contributed by atoms with E-state index in [2.05, 4.69) is 4.98 Å². The largest absolute Gasteiger partial charge is 0.491 e. The smallest absolute Gasteiger partial charge is 0.230 e. The Bertz CT molecular complexity index is 1020. The van der Waals surface area contributed by atoms with Crippen molar-refractivity contribution in [1.29, 1.82) is 0 Å². The number of carbonyl (C=O) groups is 2. The number of halogens is 1. The van der Waals surface area contributed by atoms with Gasteiger partial charge in [-0.05, 0) is 65.9 Å². The highest BCUT2D eigenvalue weighted by Crippen LogP contribution is 2.24. The Labute approximate surface area is 180 Å². The number of aryl methyl sites for hydroxylation is 1. The van der Waals surface area contributed by atoms with E-state index in [0.717, 1.165) is 23.1 Å². The SMILES string of the molecule is O=C1CCC(=O)N1C(CCc1ccncc1)COc1ccc(-c2ccc(F)cc2)cc1. The van der Waals surface area contributed by atoms with E-state index < -0.39 is 0 Å². The Kier molecular flexibility index (Phi) is 6.36. The number of nitrogens with zero attached hydrogens (tertiary/aromatic N) is 2. The first-order valence-corrected chi connectivity index (χ1v) is 10.3. The molecule has 158 valence electrons. The van der Waals surface area contributed by atoms with E-state index in [-0.39, 0.29) is 43.1 Å². The van der Waals surface area contributed by atoms with E-state index in [9.17, 15) is 14.0 Å². The average Bonchev–Trinajstić information content (AvgIpc) is 3.13. The fourth-order valence-corrected chi connectivity index (χ4v) is 3.75. The number of pyridine rings is 1. The van der Waals surface area contributed by atoms with Crippen molar-refractivity contribution in [2.24, 2.45) is 0 Å². The number of likely N-dealkylation sites (tertiary alicyclic amines) is 1. The van der Waals surface area contributed by atoms with Gasteiger partial charge in [-0.15, -0.1) is 0 Å². The van der Waals surface area contributed by atoms with Crippen molar-refractivity contribution in [2.45, 2.75) is 31.7 Å². The molecule has 0 bridgehead atoms. The van der Waals surface area contributed by atoms with Gasteiger partial charge in [0.15, 0.2) is 0 Å². The first-order valence-electron chi connectivity index (χ1n) is 10.3. The number of aromatic nitrogens is 1. The maximum atomic E-state index is 13.1. The van der Waals surface area contributed by atoms with Crippen LogP contribution in [-0.2, 0) is 16.0 Å². The lowest BCUT2D eigenvalue weighted by molar-refractivity contribution is -0.142. The van der Waals surface area contributed by atoms with Crippen molar-refractivity contribution in [2.75, 3.05) is 6.61 Å². The molecule has 0 saturated carbocycles. The predicted molar refractivity (Wildman–Crippen MR) is 115 cm³/mol. The molecule has 2 aromatic carbocycles. The molecule has 0 spiro atoms. The van der Waals surface area contributed by atoms with E-state index in [1.807, 2.05) is 36.4 Å². The molecule has 0 N–H and O–H groups in total. The van der Waals surface area contributed by atoms with E-state index in [1.54, 1.807) is 24.5 Å². The normalized spacial score (nSPS) is 14.7.